The van der Waals surface area contributed by atoms with Gasteiger partial charge >= 0.3 is 0 Å². The van der Waals surface area contributed by atoms with Crippen LogP contribution in [0.15, 0.2) is 66.4 Å². The molecule has 1 aliphatic rings. The van der Waals surface area contributed by atoms with Crippen LogP contribution in [0.2, 0.25) is 5.02 Å². The Morgan fingerprint density at radius 2 is 1.56 bits per heavy atom. The van der Waals surface area contributed by atoms with E-state index >= 15 is 0 Å². The van der Waals surface area contributed by atoms with E-state index in [4.69, 9.17) is 11.6 Å². The van der Waals surface area contributed by atoms with Crippen molar-refractivity contribution < 1.29 is 9.59 Å². The van der Waals surface area contributed by atoms with Crippen molar-refractivity contribution in [3.63, 3.8) is 0 Å². The molecule has 0 aliphatic carbocycles. The van der Waals surface area contributed by atoms with Crippen LogP contribution in [-0.2, 0) is 16.0 Å². The molecule has 0 atom stereocenters. The third-order valence-electron chi connectivity index (χ3n) is 5.78. The number of carbonyl (C=O) groups is 2. The van der Waals surface area contributed by atoms with Crippen LogP contribution in [0, 0.1) is 20.8 Å². The first-order valence-electron chi connectivity index (χ1n) is 10.6. The summed E-state index contributed by atoms with van der Waals surface area (Å²) >= 11 is 6.20. The van der Waals surface area contributed by atoms with Crippen molar-refractivity contribution in [1.29, 1.82) is 0 Å². The van der Waals surface area contributed by atoms with Gasteiger partial charge in [0.2, 0.25) is 0 Å². The number of hydrogen-bond donors (Lipinski definition) is 1. The molecule has 162 valence electrons. The normalized spacial score (nSPS) is 13.8. The van der Waals surface area contributed by atoms with Gasteiger partial charge in [-0.2, -0.15) is 0 Å². The van der Waals surface area contributed by atoms with Crippen molar-refractivity contribution in [2.75, 3.05) is 10.2 Å². The Labute approximate surface area is 193 Å². The zero-order valence-corrected chi connectivity index (χ0v) is 19.4. The summed E-state index contributed by atoms with van der Waals surface area (Å²) < 4.78 is 0. The molecule has 1 N–H and O–H groups in total. The lowest BCUT2D eigenvalue weighted by Crippen LogP contribution is -2.33. The van der Waals surface area contributed by atoms with E-state index in [9.17, 15) is 9.59 Å². The van der Waals surface area contributed by atoms with Crippen molar-refractivity contribution in [1.82, 2.24) is 0 Å². The van der Waals surface area contributed by atoms with Gasteiger partial charge < -0.3 is 5.32 Å². The molecule has 0 saturated heterocycles. The third kappa shape index (κ3) is 3.94. The molecule has 4 rings (SSSR count). The van der Waals surface area contributed by atoms with Gasteiger partial charge in [-0.3, -0.25) is 9.59 Å². The molecule has 0 saturated carbocycles. The minimum absolute atomic E-state index is 0.269. The highest BCUT2D eigenvalue weighted by atomic mass is 35.5. The fourth-order valence-electron chi connectivity index (χ4n) is 4.00. The van der Waals surface area contributed by atoms with Crippen molar-refractivity contribution in [2.45, 2.75) is 34.1 Å². The largest absolute Gasteiger partial charge is 0.350 e. The molecule has 4 nitrogen and oxygen atoms in total. The van der Waals surface area contributed by atoms with Gasteiger partial charge in [-0.25, -0.2) is 4.90 Å². The van der Waals surface area contributed by atoms with Crippen LogP contribution < -0.4 is 10.2 Å². The van der Waals surface area contributed by atoms with Crippen molar-refractivity contribution >= 4 is 40.4 Å². The molecule has 0 unspecified atom stereocenters. The third-order valence-corrected chi connectivity index (χ3v) is 6.01. The number of carbonyl (C=O) groups excluding carboxylic acids is 2. The second-order valence-corrected chi connectivity index (χ2v) is 8.56. The van der Waals surface area contributed by atoms with E-state index in [0.717, 1.165) is 34.4 Å². The van der Waals surface area contributed by atoms with Gasteiger partial charge in [0.1, 0.15) is 5.70 Å². The standard InChI is InChI=1S/C27H25ClN2O2/c1-5-19-8-11-21(12-9-19)29-25-24(22-13-6-16(2)14-18(22)4)26(31)30(27(25)32)23-15-20(28)10-7-17(23)3/h6-15,29H,5H2,1-4H3. The maximum Gasteiger partial charge on any atom is 0.282 e. The second kappa shape index (κ2) is 8.64. The summed E-state index contributed by atoms with van der Waals surface area (Å²) in [6.45, 7) is 7.91. The molecule has 0 bridgehead atoms. The number of halogens is 1. The summed E-state index contributed by atoms with van der Waals surface area (Å²) in [6.07, 6.45) is 0.927. The Morgan fingerprint density at radius 3 is 2.22 bits per heavy atom. The van der Waals surface area contributed by atoms with Gasteiger partial charge in [0.05, 0.1) is 11.3 Å². The van der Waals surface area contributed by atoms with Crippen LogP contribution in [0.1, 0.15) is 34.7 Å². The molecule has 0 spiro atoms. The number of nitrogens with zero attached hydrogens (tertiary/aromatic N) is 1. The topological polar surface area (TPSA) is 49.4 Å². The Hall–Kier alpha value is -3.37. The zero-order valence-electron chi connectivity index (χ0n) is 18.6. The highest BCUT2D eigenvalue weighted by Crippen LogP contribution is 2.37. The van der Waals surface area contributed by atoms with Crippen LogP contribution >= 0.6 is 11.6 Å². The number of imide groups is 1. The molecule has 3 aromatic carbocycles. The van der Waals surface area contributed by atoms with Crippen molar-refractivity contribution in [2.24, 2.45) is 0 Å². The van der Waals surface area contributed by atoms with E-state index in [1.165, 1.54) is 10.5 Å². The Balaban J connectivity index is 1.86. The second-order valence-electron chi connectivity index (χ2n) is 8.12. The zero-order chi connectivity index (χ0) is 23.0. The van der Waals surface area contributed by atoms with Gasteiger partial charge in [-0.1, -0.05) is 60.5 Å². The highest BCUT2D eigenvalue weighted by molar-refractivity contribution is 6.46. The lowest BCUT2D eigenvalue weighted by atomic mass is 9.97. The van der Waals surface area contributed by atoms with Crippen LogP contribution in [0.5, 0.6) is 0 Å². The van der Waals surface area contributed by atoms with E-state index in [2.05, 4.69) is 12.2 Å². The Morgan fingerprint density at radius 1 is 0.844 bits per heavy atom. The highest BCUT2D eigenvalue weighted by Gasteiger charge is 2.41. The van der Waals surface area contributed by atoms with E-state index in [-0.39, 0.29) is 11.6 Å². The summed E-state index contributed by atoms with van der Waals surface area (Å²) in [6, 6.07) is 19.0. The number of benzene rings is 3. The summed E-state index contributed by atoms with van der Waals surface area (Å²) in [5, 5.41) is 3.70. The Bertz CT molecular complexity index is 1260. The monoisotopic (exact) mass is 444 g/mol. The smallest absolute Gasteiger partial charge is 0.282 e. The predicted molar refractivity (Wildman–Crippen MR) is 131 cm³/mol. The molecular weight excluding hydrogens is 420 g/mol. The quantitative estimate of drug-likeness (QED) is 0.475. The maximum absolute atomic E-state index is 13.7. The van der Waals surface area contributed by atoms with Crippen LogP contribution in [0.3, 0.4) is 0 Å². The van der Waals surface area contributed by atoms with Crippen LogP contribution in [0.25, 0.3) is 5.57 Å². The van der Waals surface area contributed by atoms with E-state index in [0.29, 0.717) is 16.3 Å². The van der Waals surface area contributed by atoms with Gasteiger partial charge in [0, 0.05) is 10.7 Å². The summed E-state index contributed by atoms with van der Waals surface area (Å²) in [5.41, 5.74) is 6.65. The number of aryl methyl sites for hydroxylation is 4. The van der Waals surface area contributed by atoms with E-state index < -0.39 is 5.91 Å². The minimum atomic E-state index is -0.394. The van der Waals surface area contributed by atoms with Crippen molar-refractivity contribution in [3.8, 4) is 0 Å². The van der Waals surface area contributed by atoms with Gasteiger partial charge in [0.15, 0.2) is 0 Å². The average Bonchev–Trinajstić information content (AvgIpc) is 3.00. The fourth-order valence-corrected chi connectivity index (χ4v) is 4.17. The molecule has 3 aromatic rings. The van der Waals surface area contributed by atoms with Gasteiger partial charge in [0.25, 0.3) is 11.8 Å². The summed E-state index contributed by atoms with van der Waals surface area (Å²) in [4.78, 5) is 28.5. The first kappa shape index (κ1) is 21.8. The molecule has 32 heavy (non-hydrogen) atoms. The number of amides is 2. The fraction of sp³-hybridized carbons (Fsp3) is 0.185. The number of nitrogens with one attached hydrogen (secondary N) is 1. The number of rotatable bonds is 5. The maximum atomic E-state index is 13.7. The molecule has 0 aromatic heterocycles. The molecule has 0 fully saturated rings. The van der Waals surface area contributed by atoms with Crippen molar-refractivity contribution in [3.05, 3.63) is 99.2 Å². The van der Waals surface area contributed by atoms with Crippen LogP contribution in [-0.4, -0.2) is 11.8 Å². The lowest BCUT2D eigenvalue weighted by molar-refractivity contribution is -0.120. The molecule has 2 amide bonds. The molecular formula is C27H25ClN2O2. The molecule has 0 radical (unpaired) electrons. The minimum Gasteiger partial charge on any atom is -0.350 e. The van der Waals surface area contributed by atoms with Crippen LogP contribution in [0.4, 0.5) is 11.4 Å². The molecule has 1 heterocycles. The lowest BCUT2D eigenvalue weighted by Gasteiger charge is -2.18. The van der Waals surface area contributed by atoms with E-state index in [1.807, 2.05) is 69.3 Å². The number of anilines is 2. The van der Waals surface area contributed by atoms with E-state index in [1.54, 1.807) is 12.1 Å². The first-order valence-corrected chi connectivity index (χ1v) is 11.0. The predicted octanol–water partition coefficient (Wildman–Crippen LogP) is 6.22. The van der Waals surface area contributed by atoms with Gasteiger partial charge in [-0.15, -0.1) is 0 Å². The number of hydrogen-bond acceptors (Lipinski definition) is 3. The summed E-state index contributed by atoms with van der Waals surface area (Å²) in [5.74, 6) is -0.755. The van der Waals surface area contributed by atoms with Gasteiger partial charge in [-0.05, 0) is 73.7 Å². The summed E-state index contributed by atoms with van der Waals surface area (Å²) in [7, 11) is 0. The molecule has 5 heteroatoms. The SMILES string of the molecule is CCc1ccc(NC2=C(c3ccc(C)cc3C)C(=O)N(c3cc(Cl)ccc3C)C2=O)cc1. The average molecular weight is 445 g/mol. The molecule has 1 aliphatic heterocycles. The first-order chi connectivity index (χ1) is 15.3. The Kier molecular flexibility index (Phi) is 5.90.